The van der Waals surface area contributed by atoms with Crippen LogP contribution in [0.2, 0.25) is 5.02 Å². The van der Waals surface area contributed by atoms with Crippen LogP contribution in [0.4, 0.5) is 10.1 Å². The molecule has 0 saturated carbocycles. The largest absolute Gasteiger partial charge is 0.375 e. The average molecular weight is 290 g/mol. The van der Waals surface area contributed by atoms with E-state index in [0.29, 0.717) is 17.3 Å². The molecule has 3 nitrogen and oxygen atoms in total. The van der Waals surface area contributed by atoms with Crippen molar-refractivity contribution in [1.82, 2.24) is 9.55 Å². The highest BCUT2D eigenvalue weighted by molar-refractivity contribution is 6.30. The summed E-state index contributed by atoms with van der Waals surface area (Å²) >= 11 is 5.87. The van der Waals surface area contributed by atoms with Gasteiger partial charge in [0.1, 0.15) is 11.6 Å². The van der Waals surface area contributed by atoms with Crippen molar-refractivity contribution in [2.45, 2.75) is 6.54 Å². The molecule has 0 fully saturated rings. The normalized spacial score (nSPS) is 10.9. The highest BCUT2D eigenvalue weighted by atomic mass is 35.5. The lowest BCUT2D eigenvalue weighted by Crippen LogP contribution is -2.07. The number of para-hydroxylation sites is 2. The Morgan fingerprint density at radius 3 is 2.85 bits per heavy atom. The van der Waals surface area contributed by atoms with E-state index < -0.39 is 0 Å². The fourth-order valence-corrected chi connectivity index (χ4v) is 2.33. The van der Waals surface area contributed by atoms with Gasteiger partial charge in [-0.1, -0.05) is 23.7 Å². The molecule has 0 aliphatic rings. The Morgan fingerprint density at radius 2 is 2.05 bits per heavy atom. The molecular formula is C15H13ClFN3. The predicted octanol–water partition coefficient (Wildman–Crippen LogP) is 3.98. The molecule has 20 heavy (non-hydrogen) atoms. The van der Waals surface area contributed by atoms with Gasteiger partial charge in [0.15, 0.2) is 0 Å². The van der Waals surface area contributed by atoms with Gasteiger partial charge >= 0.3 is 0 Å². The molecule has 3 aromatic rings. The first-order valence-corrected chi connectivity index (χ1v) is 6.62. The standard InChI is InChI=1S/C15H13ClFN3/c1-20-14-5-3-2-4-12(14)19-15(20)9-18-13-8-10(16)6-7-11(13)17/h2-8,18H,9H2,1H3. The van der Waals surface area contributed by atoms with Crippen molar-refractivity contribution in [3.05, 3.63) is 59.1 Å². The summed E-state index contributed by atoms with van der Waals surface area (Å²) in [5.74, 6) is 0.513. The van der Waals surface area contributed by atoms with Crippen LogP contribution in [0.15, 0.2) is 42.5 Å². The monoisotopic (exact) mass is 289 g/mol. The Hall–Kier alpha value is -2.07. The van der Waals surface area contributed by atoms with Gasteiger partial charge in [0.2, 0.25) is 0 Å². The number of nitrogens with one attached hydrogen (secondary N) is 1. The van der Waals surface area contributed by atoms with Gasteiger partial charge in [-0.15, -0.1) is 0 Å². The first kappa shape index (κ1) is 12.9. The molecule has 3 rings (SSSR count). The van der Waals surface area contributed by atoms with Crippen LogP contribution in [0.3, 0.4) is 0 Å². The van der Waals surface area contributed by atoms with Gasteiger partial charge in [-0.25, -0.2) is 9.37 Å². The lowest BCUT2D eigenvalue weighted by Gasteiger charge is -2.08. The van der Waals surface area contributed by atoms with E-state index in [9.17, 15) is 4.39 Å². The van der Waals surface area contributed by atoms with Crippen LogP contribution in [-0.4, -0.2) is 9.55 Å². The minimum Gasteiger partial charge on any atom is -0.375 e. The molecular weight excluding hydrogens is 277 g/mol. The van der Waals surface area contributed by atoms with E-state index in [-0.39, 0.29) is 5.82 Å². The number of aromatic nitrogens is 2. The molecule has 1 aromatic heterocycles. The fourth-order valence-electron chi connectivity index (χ4n) is 2.16. The van der Waals surface area contributed by atoms with E-state index in [1.54, 1.807) is 6.07 Å². The molecule has 1 heterocycles. The molecule has 0 bridgehead atoms. The van der Waals surface area contributed by atoms with Gasteiger partial charge in [-0.3, -0.25) is 0 Å². The number of benzene rings is 2. The van der Waals surface area contributed by atoms with Gasteiger partial charge in [0, 0.05) is 12.1 Å². The van der Waals surface area contributed by atoms with E-state index in [2.05, 4.69) is 10.3 Å². The number of aryl methyl sites for hydroxylation is 1. The smallest absolute Gasteiger partial charge is 0.146 e. The lowest BCUT2D eigenvalue weighted by molar-refractivity contribution is 0.629. The van der Waals surface area contributed by atoms with Crippen molar-refractivity contribution in [2.24, 2.45) is 7.05 Å². The zero-order chi connectivity index (χ0) is 14.1. The van der Waals surface area contributed by atoms with Crippen LogP contribution >= 0.6 is 11.6 Å². The van der Waals surface area contributed by atoms with Crippen molar-refractivity contribution >= 4 is 28.3 Å². The van der Waals surface area contributed by atoms with E-state index >= 15 is 0 Å². The third-order valence-electron chi connectivity index (χ3n) is 3.25. The van der Waals surface area contributed by atoms with E-state index in [0.717, 1.165) is 16.9 Å². The topological polar surface area (TPSA) is 29.9 Å². The molecule has 0 spiro atoms. The molecule has 5 heteroatoms. The highest BCUT2D eigenvalue weighted by Gasteiger charge is 2.08. The van der Waals surface area contributed by atoms with Crippen molar-refractivity contribution in [3.8, 4) is 0 Å². The molecule has 0 unspecified atom stereocenters. The molecule has 0 aliphatic heterocycles. The summed E-state index contributed by atoms with van der Waals surface area (Å²) < 4.78 is 15.6. The number of rotatable bonds is 3. The minimum absolute atomic E-state index is 0.326. The number of fused-ring (bicyclic) bond motifs is 1. The number of halogens is 2. The van der Waals surface area contributed by atoms with Gasteiger partial charge in [-0.05, 0) is 30.3 Å². The van der Waals surface area contributed by atoms with E-state index in [1.165, 1.54) is 12.1 Å². The predicted molar refractivity (Wildman–Crippen MR) is 79.5 cm³/mol. The third kappa shape index (κ3) is 2.34. The van der Waals surface area contributed by atoms with Crippen LogP contribution in [-0.2, 0) is 13.6 Å². The van der Waals surface area contributed by atoms with Crippen LogP contribution in [0, 0.1) is 5.82 Å². The molecule has 2 aromatic carbocycles. The summed E-state index contributed by atoms with van der Waals surface area (Å²) in [6.07, 6.45) is 0. The Balaban J connectivity index is 1.87. The summed E-state index contributed by atoms with van der Waals surface area (Å²) in [6, 6.07) is 12.3. The summed E-state index contributed by atoms with van der Waals surface area (Å²) in [6.45, 7) is 0.433. The van der Waals surface area contributed by atoms with Crippen molar-refractivity contribution in [1.29, 1.82) is 0 Å². The molecule has 0 amide bonds. The molecule has 0 aliphatic carbocycles. The molecule has 0 atom stereocenters. The van der Waals surface area contributed by atoms with Gasteiger partial charge in [0.25, 0.3) is 0 Å². The van der Waals surface area contributed by atoms with Crippen LogP contribution in [0.1, 0.15) is 5.82 Å². The second-order valence-electron chi connectivity index (χ2n) is 4.55. The molecule has 0 saturated heterocycles. The number of anilines is 1. The average Bonchev–Trinajstić information content (AvgIpc) is 2.77. The van der Waals surface area contributed by atoms with Gasteiger partial charge in [-0.2, -0.15) is 0 Å². The molecule has 102 valence electrons. The van der Waals surface area contributed by atoms with Crippen LogP contribution < -0.4 is 5.32 Å². The summed E-state index contributed by atoms with van der Waals surface area (Å²) in [5, 5.41) is 3.53. The Morgan fingerprint density at radius 1 is 1.25 bits per heavy atom. The second-order valence-corrected chi connectivity index (χ2v) is 4.99. The van der Waals surface area contributed by atoms with E-state index in [4.69, 9.17) is 11.6 Å². The first-order chi connectivity index (χ1) is 9.65. The van der Waals surface area contributed by atoms with Crippen molar-refractivity contribution in [3.63, 3.8) is 0 Å². The second kappa shape index (κ2) is 5.13. The first-order valence-electron chi connectivity index (χ1n) is 6.24. The zero-order valence-electron chi connectivity index (χ0n) is 10.9. The van der Waals surface area contributed by atoms with Crippen molar-refractivity contribution < 1.29 is 4.39 Å². The summed E-state index contributed by atoms with van der Waals surface area (Å²) in [7, 11) is 1.95. The maximum Gasteiger partial charge on any atom is 0.146 e. The van der Waals surface area contributed by atoms with E-state index in [1.807, 2.05) is 35.9 Å². The minimum atomic E-state index is -0.326. The van der Waals surface area contributed by atoms with Crippen LogP contribution in [0.25, 0.3) is 11.0 Å². The maximum absolute atomic E-state index is 13.6. The lowest BCUT2D eigenvalue weighted by atomic mass is 10.3. The Labute approximate surface area is 121 Å². The number of nitrogens with zero attached hydrogens (tertiary/aromatic N) is 2. The summed E-state index contributed by atoms with van der Waals surface area (Å²) in [5.41, 5.74) is 2.36. The number of hydrogen-bond donors (Lipinski definition) is 1. The Kier molecular flexibility index (Phi) is 3.32. The Bertz CT molecular complexity index is 767. The molecule has 1 N–H and O–H groups in total. The quantitative estimate of drug-likeness (QED) is 0.790. The van der Waals surface area contributed by atoms with Gasteiger partial charge in [0.05, 0.1) is 23.3 Å². The van der Waals surface area contributed by atoms with Gasteiger partial charge < -0.3 is 9.88 Å². The highest BCUT2D eigenvalue weighted by Crippen LogP contribution is 2.21. The third-order valence-corrected chi connectivity index (χ3v) is 3.48. The van der Waals surface area contributed by atoms with Crippen molar-refractivity contribution in [2.75, 3.05) is 5.32 Å². The molecule has 0 radical (unpaired) electrons. The SMILES string of the molecule is Cn1c(CNc2cc(Cl)ccc2F)nc2ccccc21. The maximum atomic E-state index is 13.6. The fraction of sp³-hybridized carbons (Fsp3) is 0.133. The van der Waals surface area contributed by atoms with Crippen LogP contribution in [0.5, 0.6) is 0 Å². The number of hydrogen-bond acceptors (Lipinski definition) is 2. The zero-order valence-corrected chi connectivity index (χ0v) is 11.7. The summed E-state index contributed by atoms with van der Waals surface area (Å²) in [4.78, 5) is 4.52. The number of imidazole rings is 1.